The van der Waals surface area contributed by atoms with Crippen LogP contribution in [0.15, 0.2) is 30.3 Å². The number of hydrogen-bond donors (Lipinski definition) is 1. The molecule has 190 valence electrons. The van der Waals surface area contributed by atoms with Crippen molar-refractivity contribution < 1.29 is 57.5 Å². The van der Waals surface area contributed by atoms with Crippen molar-refractivity contribution in [1.29, 1.82) is 0 Å². The van der Waals surface area contributed by atoms with Crippen molar-refractivity contribution in [2.45, 2.75) is 58.4 Å². The van der Waals surface area contributed by atoms with Crippen molar-refractivity contribution in [3.63, 3.8) is 0 Å². The minimum absolute atomic E-state index is 0.235. The molecule has 0 radical (unpaired) electrons. The van der Waals surface area contributed by atoms with Crippen LogP contribution in [0.5, 0.6) is 5.75 Å². The number of hydrogen-bond acceptors (Lipinski definition) is 11. The number of esters is 4. The predicted molar refractivity (Wildman–Crippen MR) is 116 cm³/mol. The number of carbonyl (C=O) groups excluding carboxylic acids is 4. The summed E-state index contributed by atoms with van der Waals surface area (Å²) in [6.07, 6.45) is -4.16. The molecule has 0 unspecified atom stereocenters. The summed E-state index contributed by atoms with van der Waals surface area (Å²) in [7, 11) is 0. The molecule has 0 spiro atoms. The number of aliphatic carboxylic acids is 1. The molecule has 0 bridgehead atoms. The van der Waals surface area contributed by atoms with Crippen LogP contribution < -0.4 is 4.74 Å². The first-order valence-electron chi connectivity index (χ1n) is 10.4. The number of carboxylic acids is 1. The second kappa shape index (κ2) is 12.5. The van der Waals surface area contributed by atoms with E-state index in [2.05, 4.69) is 0 Å². The topological polar surface area (TPSA) is 161 Å². The molecule has 2 rings (SSSR count). The van der Waals surface area contributed by atoms with Crippen LogP contribution in [0.3, 0.4) is 0 Å². The van der Waals surface area contributed by atoms with Crippen LogP contribution in [0, 0.1) is 0 Å². The van der Waals surface area contributed by atoms with E-state index >= 15 is 0 Å². The van der Waals surface area contributed by atoms with Crippen molar-refractivity contribution >= 4 is 35.9 Å². The van der Waals surface area contributed by atoms with Crippen LogP contribution >= 0.6 is 0 Å². The predicted octanol–water partition coefficient (Wildman–Crippen LogP) is 1.25. The van der Waals surface area contributed by atoms with Crippen LogP contribution in [0.2, 0.25) is 0 Å². The van der Waals surface area contributed by atoms with Gasteiger partial charge in [0.15, 0.2) is 12.2 Å². The van der Waals surface area contributed by atoms with Crippen LogP contribution in [0.25, 0.3) is 6.08 Å². The maximum atomic E-state index is 11.8. The van der Waals surface area contributed by atoms with Crippen molar-refractivity contribution in [3.8, 4) is 5.75 Å². The SMILES string of the molecule is CC(=O)OC[C@H]1O[C@@H](Oc2ccc(/C=[13CH]/[13C](=O)O)cc2)[C@H](OC(C)=O)[C@@H](OC(C)=O)[C@H]1OC(C)=O. The van der Waals surface area contributed by atoms with E-state index in [0.29, 0.717) is 5.56 Å². The van der Waals surface area contributed by atoms with Crippen molar-refractivity contribution in [2.75, 3.05) is 6.61 Å². The molecule has 1 N–H and O–H groups in total. The number of ether oxygens (including phenoxy) is 6. The zero-order valence-electron chi connectivity index (χ0n) is 19.5. The average molecular weight is 496 g/mol. The highest BCUT2D eigenvalue weighted by Gasteiger charge is 2.53. The van der Waals surface area contributed by atoms with Gasteiger partial charge in [0.1, 0.15) is 18.5 Å². The summed E-state index contributed by atoms with van der Waals surface area (Å²) >= 11 is 0. The number of carboxylic acid groups (broad SMARTS) is 1. The third kappa shape index (κ3) is 8.74. The molecule has 1 aromatic carbocycles. The summed E-state index contributed by atoms with van der Waals surface area (Å²) in [5.41, 5.74) is 0.571. The van der Waals surface area contributed by atoms with E-state index in [1.807, 2.05) is 0 Å². The Hall–Kier alpha value is -3.93. The van der Waals surface area contributed by atoms with Gasteiger partial charge in [0, 0.05) is 33.8 Å². The van der Waals surface area contributed by atoms with Crippen molar-refractivity contribution in [2.24, 2.45) is 0 Å². The van der Waals surface area contributed by atoms with Gasteiger partial charge in [-0.2, -0.15) is 0 Å². The van der Waals surface area contributed by atoms with Crippen LogP contribution in [0.1, 0.15) is 33.3 Å². The van der Waals surface area contributed by atoms with Crippen molar-refractivity contribution in [1.82, 2.24) is 0 Å². The highest BCUT2D eigenvalue weighted by Crippen LogP contribution is 2.31. The number of carbonyl (C=O) groups is 5. The van der Waals surface area contributed by atoms with E-state index in [-0.39, 0.29) is 12.4 Å². The summed E-state index contributed by atoms with van der Waals surface area (Å²) in [4.78, 5) is 57.5. The fraction of sp³-hybridized carbons (Fsp3) is 0.435. The zero-order chi connectivity index (χ0) is 26.1. The lowest BCUT2D eigenvalue weighted by molar-refractivity contribution is -0.288. The summed E-state index contributed by atoms with van der Waals surface area (Å²) in [6, 6.07) is 6.16. The minimum Gasteiger partial charge on any atom is -0.478 e. The van der Waals surface area contributed by atoms with Gasteiger partial charge in [-0.15, -0.1) is 0 Å². The Kier molecular flexibility index (Phi) is 9.76. The maximum absolute atomic E-state index is 11.8. The maximum Gasteiger partial charge on any atom is 0.328 e. The molecule has 1 saturated heterocycles. The lowest BCUT2D eigenvalue weighted by atomic mass is 9.98. The minimum atomic E-state index is -1.36. The molecule has 1 fully saturated rings. The molecule has 35 heavy (non-hydrogen) atoms. The van der Waals surface area contributed by atoms with E-state index < -0.39 is 60.6 Å². The molecule has 1 aliphatic rings. The highest BCUT2D eigenvalue weighted by molar-refractivity contribution is 5.85. The van der Waals surface area contributed by atoms with Gasteiger partial charge in [0.05, 0.1) is 0 Å². The second-order valence-electron chi connectivity index (χ2n) is 7.43. The van der Waals surface area contributed by atoms with Gasteiger partial charge in [0.2, 0.25) is 12.4 Å². The zero-order valence-corrected chi connectivity index (χ0v) is 19.5. The first-order valence-corrected chi connectivity index (χ1v) is 10.4. The Bertz CT molecular complexity index is 967. The fourth-order valence-electron chi connectivity index (χ4n) is 3.24. The Morgan fingerprint density at radius 1 is 0.829 bits per heavy atom. The summed E-state index contributed by atoms with van der Waals surface area (Å²) in [5.74, 6) is -3.76. The standard InChI is InChI=1S/C23H26O12/c1-12(24)30-11-18-20(31-13(2)25)21(32-14(3)26)22(33-15(4)27)23(35-18)34-17-8-5-16(6-9-17)7-10-19(28)29/h5-10,18,20-23H,11H2,1-4H3,(H,28,29)/b10-7+/t18-,20+,21+,22-,23-/m1/s1/i10+1,19+1. The van der Waals surface area contributed by atoms with Gasteiger partial charge in [-0.05, 0) is 23.8 Å². The van der Waals surface area contributed by atoms with E-state index in [1.165, 1.54) is 25.1 Å². The molecule has 12 heteroatoms. The van der Waals surface area contributed by atoms with Crippen molar-refractivity contribution in [3.05, 3.63) is 35.9 Å². The lowest BCUT2D eigenvalue weighted by Gasteiger charge is -2.43. The summed E-state index contributed by atoms with van der Waals surface area (Å²) in [6.45, 7) is 4.15. The van der Waals surface area contributed by atoms with Gasteiger partial charge < -0.3 is 33.5 Å². The Labute approximate surface area is 200 Å². The number of benzene rings is 1. The molecule has 1 aromatic rings. The first-order chi connectivity index (χ1) is 16.5. The van der Waals surface area contributed by atoms with E-state index in [4.69, 9.17) is 33.5 Å². The monoisotopic (exact) mass is 496 g/mol. The number of rotatable bonds is 9. The smallest absolute Gasteiger partial charge is 0.328 e. The largest absolute Gasteiger partial charge is 0.478 e. The second-order valence-corrected chi connectivity index (χ2v) is 7.43. The molecule has 5 atom stereocenters. The molecule has 0 saturated carbocycles. The first kappa shape index (κ1) is 27.3. The van der Waals surface area contributed by atoms with Crippen LogP contribution in [-0.4, -0.2) is 72.3 Å². The molecule has 1 aliphatic heterocycles. The molecule has 0 amide bonds. The van der Waals surface area contributed by atoms with E-state index in [1.54, 1.807) is 12.1 Å². The van der Waals surface area contributed by atoms with Crippen LogP contribution in [-0.2, 0) is 47.7 Å². The molecular weight excluding hydrogens is 470 g/mol. The van der Waals surface area contributed by atoms with Gasteiger partial charge in [-0.25, -0.2) is 4.79 Å². The fourth-order valence-corrected chi connectivity index (χ4v) is 3.24. The Morgan fingerprint density at radius 3 is 1.89 bits per heavy atom. The molecule has 12 nitrogen and oxygen atoms in total. The van der Waals surface area contributed by atoms with Gasteiger partial charge in [0.25, 0.3) is 0 Å². The summed E-state index contributed by atoms with van der Waals surface area (Å²) in [5, 5.41) is 8.75. The van der Waals surface area contributed by atoms with E-state index in [0.717, 1.165) is 26.8 Å². The van der Waals surface area contributed by atoms with Gasteiger partial charge in [-0.1, -0.05) is 12.1 Å². The Morgan fingerprint density at radius 2 is 1.37 bits per heavy atom. The van der Waals surface area contributed by atoms with Crippen LogP contribution in [0.4, 0.5) is 0 Å². The average Bonchev–Trinajstić information content (AvgIpc) is 2.75. The quantitative estimate of drug-likeness (QED) is 0.226. The summed E-state index contributed by atoms with van der Waals surface area (Å²) < 4.78 is 32.6. The highest BCUT2D eigenvalue weighted by atomic mass is 16.7. The molecule has 0 aliphatic carbocycles. The lowest BCUT2D eigenvalue weighted by Crippen LogP contribution is -2.63. The third-order valence-corrected chi connectivity index (χ3v) is 4.50. The Balaban J connectivity index is 2.40. The van der Waals surface area contributed by atoms with E-state index in [9.17, 15) is 24.0 Å². The normalized spacial score (nSPS) is 23.7. The molecule has 0 aromatic heterocycles. The molecular formula is C23H26O12. The van der Waals surface area contributed by atoms with Gasteiger partial charge >= 0.3 is 29.8 Å². The third-order valence-electron chi connectivity index (χ3n) is 4.50. The molecule has 1 heterocycles. The van der Waals surface area contributed by atoms with Gasteiger partial charge in [-0.3, -0.25) is 19.2 Å².